The number of benzene rings is 2. The van der Waals surface area contributed by atoms with Gasteiger partial charge in [-0.2, -0.15) is 0 Å². The predicted octanol–water partition coefficient (Wildman–Crippen LogP) is 5.14. The fraction of sp³-hybridized carbons (Fsp3) is 0.217. The maximum Gasteiger partial charge on any atom is 0.343 e. The minimum Gasteiger partial charge on any atom is -0.426 e. The highest BCUT2D eigenvalue weighted by atomic mass is 16.5. The average Bonchev–Trinajstić information content (AvgIpc) is 3.21. The van der Waals surface area contributed by atoms with Crippen LogP contribution in [0.3, 0.4) is 0 Å². The van der Waals surface area contributed by atoms with Gasteiger partial charge in [0.15, 0.2) is 0 Å². The minimum absolute atomic E-state index is 0.0575. The zero-order valence-corrected chi connectivity index (χ0v) is 15.1. The molecule has 1 fully saturated rings. The molecule has 1 aliphatic rings. The van der Waals surface area contributed by atoms with E-state index in [1.54, 1.807) is 18.2 Å². The Kier molecular flexibility index (Phi) is 5.87. The summed E-state index contributed by atoms with van der Waals surface area (Å²) < 4.78 is 11.3. The number of ether oxygens (including phenoxy) is 2. The molecule has 0 amide bonds. The molecule has 0 spiro atoms. The minimum atomic E-state index is -0.547. The van der Waals surface area contributed by atoms with Crippen LogP contribution in [0.5, 0.6) is 11.5 Å². The molecule has 138 valence electrons. The maximum absolute atomic E-state index is 12.5. The van der Waals surface area contributed by atoms with Crippen LogP contribution in [-0.2, 0) is 9.59 Å². The van der Waals surface area contributed by atoms with Crippen molar-refractivity contribution >= 4 is 22.7 Å². The lowest BCUT2D eigenvalue weighted by atomic mass is 10.1. The van der Waals surface area contributed by atoms with Crippen LogP contribution in [-0.4, -0.2) is 11.9 Å². The summed E-state index contributed by atoms with van der Waals surface area (Å²) in [5, 5.41) is 1.42. The van der Waals surface area contributed by atoms with E-state index >= 15 is 0 Å². The van der Waals surface area contributed by atoms with E-state index in [2.05, 4.69) is 13.2 Å². The molecule has 0 N–H and O–H groups in total. The maximum atomic E-state index is 12.5. The van der Waals surface area contributed by atoms with Crippen molar-refractivity contribution in [3.63, 3.8) is 0 Å². The Balaban J connectivity index is 1.95. The number of esters is 2. The van der Waals surface area contributed by atoms with Gasteiger partial charge in [-0.15, -0.1) is 0 Å². The SMILES string of the molecule is C=C/C=C(\C=C)C(=O)Oc1cccc2cccc(OC(=O)C3CCCC3)c12. The Morgan fingerprint density at radius 2 is 1.59 bits per heavy atom. The van der Waals surface area contributed by atoms with Crippen LogP contribution in [0.4, 0.5) is 0 Å². The Morgan fingerprint density at radius 3 is 2.19 bits per heavy atom. The first-order valence-corrected chi connectivity index (χ1v) is 9.05. The molecule has 1 aliphatic carbocycles. The van der Waals surface area contributed by atoms with Gasteiger partial charge in [0.1, 0.15) is 11.5 Å². The molecule has 0 aliphatic heterocycles. The molecule has 1 saturated carbocycles. The van der Waals surface area contributed by atoms with Gasteiger partial charge in [-0.3, -0.25) is 4.79 Å². The Labute approximate surface area is 158 Å². The lowest BCUT2D eigenvalue weighted by Crippen LogP contribution is -2.18. The molecule has 0 saturated heterocycles. The third-order valence-corrected chi connectivity index (χ3v) is 4.68. The highest BCUT2D eigenvalue weighted by molar-refractivity contribution is 5.99. The van der Waals surface area contributed by atoms with E-state index in [9.17, 15) is 9.59 Å². The van der Waals surface area contributed by atoms with Crippen molar-refractivity contribution in [1.29, 1.82) is 0 Å². The van der Waals surface area contributed by atoms with Crippen LogP contribution < -0.4 is 9.47 Å². The summed E-state index contributed by atoms with van der Waals surface area (Å²) in [6.07, 6.45) is 8.27. The van der Waals surface area contributed by atoms with Crippen LogP contribution in [0.1, 0.15) is 25.7 Å². The standard InChI is InChI=1S/C23H22O4/c1-3-9-16(4-2)22(24)26-19-14-7-12-17-13-8-15-20(21(17)19)27-23(25)18-10-5-6-11-18/h3-4,7-9,12-15,18H,1-2,5-6,10-11H2/b16-9+. The summed E-state index contributed by atoms with van der Waals surface area (Å²) in [5.74, 6) is -0.0866. The molecule has 0 radical (unpaired) electrons. The highest BCUT2D eigenvalue weighted by Gasteiger charge is 2.25. The summed E-state index contributed by atoms with van der Waals surface area (Å²) in [4.78, 5) is 24.9. The van der Waals surface area contributed by atoms with Gasteiger partial charge in [0.05, 0.1) is 16.9 Å². The number of allylic oxidation sites excluding steroid dienone is 2. The molecule has 3 rings (SSSR count). The molecule has 27 heavy (non-hydrogen) atoms. The first kappa shape index (κ1) is 18.6. The first-order valence-electron chi connectivity index (χ1n) is 9.05. The van der Waals surface area contributed by atoms with Crippen LogP contribution in [0.25, 0.3) is 10.8 Å². The topological polar surface area (TPSA) is 52.6 Å². The summed E-state index contributed by atoms with van der Waals surface area (Å²) in [7, 11) is 0. The molecule has 0 aromatic heterocycles. The van der Waals surface area contributed by atoms with Gasteiger partial charge in [0.25, 0.3) is 0 Å². The first-order chi connectivity index (χ1) is 13.1. The van der Waals surface area contributed by atoms with Gasteiger partial charge in [-0.25, -0.2) is 4.79 Å². The predicted molar refractivity (Wildman–Crippen MR) is 106 cm³/mol. The van der Waals surface area contributed by atoms with Gasteiger partial charge in [0.2, 0.25) is 0 Å². The van der Waals surface area contributed by atoms with Crippen LogP contribution in [0, 0.1) is 5.92 Å². The largest absolute Gasteiger partial charge is 0.426 e. The zero-order chi connectivity index (χ0) is 19.2. The van der Waals surface area contributed by atoms with Gasteiger partial charge in [0, 0.05) is 0 Å². The quantitative estimate of drug-likeness (QED) is 0.309. The molecule has 2 aromatic carbocycles. The van der Waals surface area contributed by atoms with Crippen LogP contribution >= 0.6 is 0 Å². The third-order valence-electron chi connectivity index (χ3n) is 4.68. The fourth-order valence-corrected chi connectivity index (χ4v) is 3.30. The summed E-state index contributed by atoms with van der Waals surface area (Å²) >= 11 is 0. The molecule has 0 bridgehead atoms. The van der Waals surface area contributed by atoms with E-state index in [0.717, 1.165) is 31.1 Å². The van der Waals surface area contributed by atoms with Crippen molar-refractivity contribution in [2.45, 2.75) is 25.7 Å². The second-order valence-electron chi connectivity index (χ2n) is 6.46. The smallest absolute Gasteiger partial charge is 0.343 e. The number of carbonyl (C=O) groups is 2. The van der Waals surface area contributed by atoms with Crippen molar-refractivity contribution < 1.29 is 19.1 Å². The Bertz CT molecular complexity index is 912. The van der Waals surface area contributed by atoms with Crippen molar-refractivity contribution in [1.82, 2.24) is 0 Å². The third kappa shape index (κ3) is 4.17. The van der Waals surface area contributed by atoms with Gasteiger partial charge in [-0.1, -0.05) is 62.4 Å². The number of carbonyl (C=O) groups excluding carboxylic acids is 2. The molecule has 4 heteroatoms. The van der Waals surface area contributed by atoms with Crippen molar-refractivity contribution in [2.24, 2.45) is 5.92 Å². The molecule has 4 nitrogen and oxygen atoms in total. The van der Waals surface area contributed by atoms with Gasteiger partial charge < -0.3 is 9.47 Å². The van der Waals surface area contributed by atoms with E-state index in [-0.39, 0.29) is 11.9 Å². The molecular formula is C23H22O4. The molecule has 2 aromatic rings. The summed E-state index contributed by atoms with van der Waals surface area (Å²) in [6, 6.07) is 10.8. The Morgan fingerprint density at radius 1 is 0.963 bits per heavy atom. The van der Waals surface area contributed by atoms with Gasteiger partial charge in [-0.05, 0) is 36.4 Å². The molecule has 0 unspecified atom stereocenters. The number of hydrogen-bond acceptors (Lipinski definition) is 4. The Hall–Kier alpha value is -3.14. The van der Waals surface area contributed by atoms with Gasteiger partial charge >= 0.3 is 11.9 Å². The summed E-state index contributed by atoms with van der Waals surface area (Å²) in [6.45, 7) is 7.20. The highest BCUT2D eigenvalue weighted by Crippen LogP contribution is 2.36. The van der Waals surface area contributed by atoms with E-state index < -0.39 is 5.97 Å². The van der Waals surface area contributed by atoms with Crippen molar-refractivity contribution in [2.75, 3.05) is 0 Å². The molecule has 0 heterocycles. The second-order valence-corrected chi connectivity index (χ2v) is 6.46. The molecular weight excluding hydrogens is 340 g/mol. The monoisotopic (exact) mass is 362 g/mol. The lowest BCUT2D eigenvalue weighted by Gasteiger charge is -2.14. The van der Waals surface area contributed by atoms with E-state index in [0.29, 0.717) is 22.5 Å². The second kappa shape index (κ2) is 8.49. The average molecular weight is 362 g/mol. The number of rotatable bonds is 6. The summed E-state index contributed by atoms with van der Waals surface area (Å²) in [5.41, 5.74) is 0.294. The van der Waals surface area contributed by atoms with E-state index in [4.69, 9.17) is 9.47 Å². The van der Waals surface area contributed by atoms with E-state index in [1.165, 1.54) is 18.2 Å². The van der Waals surface area contributed by atoms with Crippen molar-refractivity contribution in [3.05, 3.63) is 73.4 Å². The zero-order valence-electron chi connectivity index (χ0n) is 15.1. The van der Waals surface area contributed by atoms with Crippen LogP contribution in [0.15, 0.2) is 73.4 Å². The number of hydrogen-bond donors (Lipinski definition) is 0. The lowest BCUT2D eigenvalue weighted by molar-refractivity contribution is -0.138. The number of fused-ring (bicyclic) bond motifs is 1. The van der Waals surface area contributed by atoms with Crippen molar-refractivity contribution in [3.8, 4) is 11.5 Å². The normalized spacial score (nSPS) is 14.7. The fourth-order valence-electron chi connectivity index (χ4n) is 3.30. The molecule has 0 atom stereocenters. The van der Waals surface area contributed by atoms with Crippen LogP contribution in [0.2, 0.25) is 0 Å². The van der Waals surface area contributed by atoms with E-state index in [1.807, 2.05) is 18.2 Å².